The van der Waals surface area contributed by atoms with Crippen LogP contribution in [0.5, 0.6) is 0 Å². The van der Waals surface area contributed by atoms with Crippen molar-refractivity contribution in [2.45, 2.75) is 18.6 Å². The van der Waals surface area contributed by atoms with E-state index in [1.807, 2.05) is 52.4 Å². The first-order valence-electron chi connectivity index (χ1n) is 9.31. The summed E-state index contributed by atoms with van der Waals surface area (Å²) in [5.41, 5.74) is 3.16. The molecule has 0 aliphatic carbocycles. The monoisotopic (exact) mass is 436 g/mol. The minimum Gasteiger partial charge on any atom is -0.378 e. The molecule has 7 nitrogen and oxygen atoms in total. The molecule has 4 aromatic rings. The summed E-state index contributed by atoms with van der Waals surface area (Å²) in [7, 11) is 0. The molecule has 0 radical (unpaired) electrons. The van der Waals surface area contributed by atoms with Crippen molar-refractivity contribution >= 4 is 39.8 Å². The highest BCUT2D eigenvalue weighted by molar-refractivity contribution is 7.99. The van der Waals surface area contributed by atoms with Crippen molar-refractivity contribution < 1.29 is 4.79 Å². The van der Waals surface area contributed by atoms with Crippen molar-refractivity contribution in [2.75, 3.05) is 16.4 Å². The van der Waals surface area contributed by atoms with Crippen LogP contribution in [-0.4, -0.2) is 31.4 Å². The molecule has 2 aromatic heterocycles. The molecule has 0 aliphatic heterocycles. The zero-order valence-corrected chi connectivity index (χ0v) is 17.9. The van der Waals surface area contributed by atoms with Crippen molar-refractivity contribution in [3.8, 4) is 5.69 Å². The number of nitrogens with zero attached hydrogens (tertiary/aromatic N) is 4. The molecule has 0 bridgehead atoms. The lowest BCUT2D eigenvalue weighted by molar-refractivity contribution is -0.113. The highest BCUT2D eigenvalue weighted by atomic mass is 32.2. The largest absolute Gasteiger partial charge is 0.378 e. The van der Waals surface area contributed by atoms with Gasteiger partial charge in [0.1, 0.15) is 0 Å². The Morgan fingerprint density at radius 2 is 2.00 bits per heavy atom. The van der Waals surface area contributed by atoms with Crippen LogP contribution in [0.1, 0.15) is 11.4 Å². The molecule has 0 spiro atoms. The normalized spacial score (nSPS) is 10.7. The molecule has 1 amide bonds. The van der Waals surface area contributed by atoms with Crippen LogP contribution in [0.2, 0.25) is 0 Å². The number of nitrogens with one attached hydrogen (secondary N) is 2. The minimum atomic E-state index is -0.128. The summed E-state index contributed by atoms with van der Waals surface area (Å²) >= 11 is 2.73. The Morgan fingerprint density at radius 1 is 1.13 bits per heavy atom. The van der Waals surface area contributed by atoms with E-state index in [-0.39, 0.29) is 11.7 Å². The average Bonchev–Trinajstić information content (AvgIpc) is 3.41. The predicted octanol–water partition coefficient (Wildman–Crippen LogP) is 4.38. The van der Waals surface area contributed by atoms with Crippen molar-refractivity contribution in [1.29, 1.82) is 0 Å². The Hall–Kier alpha value is -3.17. The number of aryl methyl sites for hydroxylation is 1. The van der Waals surface area contributed by atoms with Gasteiger partial charge in [0, 0.05) is 23.0 Å². The molecule has 0 unspecified atom stereocenters. The number of carbonyl (C=O) groups excluding carboxylic acids is 1. The van der Waals surface area contributed by atoms with Crippen LogP contribution in [0.4, 0.5) is 10.8 Å². The van der Waals surface area contributed by atoms with Crippen molar-refractivity contribution in [1.82, 2.24) is 19.7 Å². The van der Waals surface area contributed by atoms with Crippen LogP contribution in [0, 0.1) is 6.92 Å². The second kappa shape index (κ2) is 9.55. The lowest BCUT2D eigenvalue weighted by Crippen LogP contribution is -2.14. The average molecular weight is 437 g/mol. The number of amides is 1. The Balaban J connectivity index is 1.51. The first-order valence-corrected chi connectivity index (χ1v) is 11.2. The van der Waals surface area contributed by atoms with Gasteiger partial charge in [-0.05, 0) is 36.8 Å². The second-order valence-corrected chi connectivity index (χ2v) is 8.30. The fourth-order valence-electron chi connectivity index (χ4n) is 2.85. The van der Waals surface area contributed by atoms with Crippen LogP contribution >= 0.6 is 23.1 Å². The molecule has 0 aliphatic rings. The van der Waals surface area contributed by atoms with Gasteiger partial charge in [-0.15, -0.1) is 21.5 Å². The van der Waals surface area contributed by atoms with Crippen LogP contribution in [0.15, 0.2) is 71.3 Å². The Bertz CT molecular complexity index is 1110. The van der Waals surface area contributed by atoms with Crippen molar-refractivity contribution in [3.63, 3.8) is 0 Å². The third-order valence-corrected chi connectivity index (χ3v) is 5.81. The zero-order valence-electron chi connectivity index (χ0n) is 16.3. The number of hydrogen-bond donors (Lipinski definition) is 2. The smallest absolute Gasteiger partial charge is 0.236 e. The number of anilines is 2. The topological polar surface area (TPSA) is 84.7 Å². The summed E-state index contributed by atoms with van der Waals surface area (Å²) in [6.07, 6.45) is 1.66. The summed E-state index contributed by atoms with van der Waals surface area (Å²) in [6, 6.07) is 18.1. The van der Waals surface area contributed by atoms with E-state index in [2.05, 4.69) is 44.9 Å². The van der Waals surface area contributed by atoms with Gasteiger partial charge >= 0.3 is 0 Å². The Kier molecular flexibility index (Phi) is 6.41. The summed E-state index contributed by atoms with van der Waals surface area (Å²) in [5.74, 6) is 0.859. The van der Waals surface area contributed by atoms with E-state index in [1.165, 1.54) is 28.7 Å². The van der Waals surface area contributed by atoms with Crippen molar-refractivity contribution in [3.05, 3.63) is 77.6 Å². The molecule has 9 heteroatoms. The maximum Gasteiger partial charge on any atom is 0.236 e. The van der Waals surface area contributed by atoms with Gasteiger partial charge in [0.25, 0.3) is 0 Å². The lowest BCUT2D eigenvalue weighted by atomic mass is 10.2. The standard InChI is InChI=1S/C21H20N6OS2/c1-15-6-5-7-16(12-15)23-13-18-25-26-21(27(18)17-8-3-2-4-9-17)30-14-19(28)24-20-22-10-11-29-20/h2-12,23H,13-14H2,1H3,(H,22,24,28). The van der Waals surface area contributed by atoms with E-state index in [9.17, 15) is 4.79 Å². The molecular formula is C21H20N6OS2. The van der Waals surface area contributed by atoms with Gasteiger partial charge in [-0.1, -0.05) is 42.1 Å². The van der Waals surface area contributed by atoms with Crippen molar-refractivity contribution in [2.24, 2.45) is 0 Å². The second-order valence-electron chi connectivity index (χ2n) is 6.47. The SMILES string of the molecule is Cc1cccc(NCc2nnc(SCC(=O)Nc3nccs3)n2-c2ccccc2)c1. The number of hydrogen-bond acceptors (Lipinski definition) is 7. The fraction of sp³-hybridized carbons (Fsp3) is 0.143. The molecular weight excluding hydrogens is 416 g/mol. The summed E-state index contributed by atoms with van der Waals surface area (Å²) in [6.45, 7) is 2.57. The minimum absolute atomic E-state index is 0.128. The highest BCUT2D eigenvalue weighted by Crippen LogP contribution is 2.23. The number of rotatable bonds is 8. The third-order valence-electron chi connectivity index (χ3n) is 4.19. The molecule has 0 saturated carbocycles. The van der Waals surface area contributed by atoms with Crippen LogP contribution < -0.4 is 10.6 Å². The lowest BCUT2D eigenvalue weighted by Gasteiger charge is -2.11. The third kappa shape index (κ3) is 5.05. The Morgan fingerprint density at radius 3 is 2.77 bits per heavy atom. The number of aromatic nitrogens is 4. The van der Waals surface area contributed by atoms with Gasteiger partial charge in [-0.25, -0.2) is 4.98 Å². The van der Waals surface area contributed by atoms with Crippen LogP contribution in [0.25, 0.3) is 5.69 Å². The number of thioether (sulfide) groups is 1. The van der Waals surface area contributed by atoms with Crippen LogP contribution in [0.3, 0.4) is 0 Å². The molecule has 152 valence electrons. The van der Waals surface area contributed by atoms with Crippen LogP contribution in [-0.2, 0) is 11.3 Å². The quantitative estimate of drug-likeness (QED) is 0.399. The van der Waals surface area contributed by atoms with Gasteiger partial charge in [0.2, 0.25) is 5.91 Å². The first-order chi connectivity index (χ1) is 14.7. The van der Waals surface area contributed by atoms with Gasteiger partial charge in [-0.3, -0.25) is 9.36 Å². The van der Waals surface area contributed by atoms with Gasteiger partial charge in [0.15, 0.2) is 16.1 Å². The van der Waals surface area contributed by atoms with E-state index in [0.717, 1.165) is 17.2 Å². The number of thiazole rings is 1. The maximum absolute atomic E-state index is 12.2. The van der Waals surface area contributed by atoms with E-state index in [4.69, 9.17) is 0 Å². The molecule has 0 atom stereocenters. The summed E-state index contributed by atoms with van der Waals surface area (Å²) in [4.78, 5) is 16.3. The first kappa shape index (κ1) is 20.1. The fourth-order valence-corrected chi connectivity index (χ4v) is 4.17. The number of benzene rings is 2. The van der Waals surface area contributed by atoms with E-state index < -0.39 is 0 Å². The molecule has 0 fully saturated rings. The number of para-hydroxylation sites is 1. The molecule has 2 heterocycles. The molecule has 2 N–H and O–H groups in total. The maximum atomic E-state index is 12.2. The summed E-state index contributed by atoms with van der Waals surface area (Å²) in [5, 5.41) is 18.0. The Labute approximate surface area is 182 Å². The number of carbonyl (C=O) groups is 1. The van der Waals surface area contributed by atoms with Gasteiger partial charge < -0.3 is 10.6 Å². The zero-order chi connectivity index (χ0) is 20.8. The molecule has 30 heavy (non-hydrogen) atoms. The van der Waals surface area contributed by atoms with E-state index >= 15 is 0 Å². The molecule has 2 aromatic carbocycles. The molecule has 4 rings (SSSR count). The summed E-state index contributed by atoms with van der Waals surface area (Å²) < 4.78 is 1.98. The molecule has 0 saturated heterocycles. The predicted molar refractivity (Wildman–Crippen MR) is 121 cm³/mol. The van der Waals surface area contributed by atoms with Gasteiger partial charge in [-0.2, -0.15) is 0 Å². The van der Waals surface area contributed by atoms with E-state index in [0.29, 0.717) is 16.8 Å². The van der Waals surface area contributed by atoms with E-state index in [1.54, 1.807) is 6.20 Å². The highest BCUT2D eigenvalue weighted by Gasteiger charge is 2.16. The van der Waals surface area contributed by atoms with Gasteiger partial charge in [0.05, 0.1) is 12.3 Å².